The molecule has 5 aliphatic rings. The molecule has 1 amide bonds. The highest BCUT2D eigenvalue weighted by Crippen LogP contribution is 2.55. The van der Waals surface area contributed by atoms with Crippen LogP contribution in [-0.4, -0.2) is 49.3 Å². The quantitative estimate of drug-likeness (QED) is 0.642. The predicted molar refractivity (Wildman–Crippen MR) is 100 cm³/mol. The van der Waals surface area contributed by atoms with Gasteiger partial charge in [-0.2, -0.15) is 0 Å². The van der Waals surface area contributed by atoms with Crippen molar-refractivity contribution < 1.29 is 19.1 Å². The third-order valence-corrected chi connectivity index (χ3v) is 7.63. The van der Waals surface area contributed by atoms with Crippen LogP contribution in [0.4, 0.5) is 0 Å². The number of piperazine rings is 1. The number of nitrogens with zero attached hydrogens (tertiary/aromatic N) is 1. The van der Waals surface area contributed by atoms with E-state index < -0.39 is 0 Å². The minimum Gasteiger partial charge on any atom is -0.361 e. The Balaban J connectivity index is 1.10. The van der Waals surface area contributed by atoms with Gasteiger partial charge in [-0.3, -0.25) is 4.79 Å². The van der Waals surface area contributed by atoms with Gasteiger partial charge < -0.3 is 19.6 Å². The average molecular weight is 375 g/mol. The zero-order valence-corrected chi connectivity index (χ0v) is 16.6. The number of amides is 1. The molecule has 0 atom stereocenters. The SMILES string of the molecule is Cc1cc(C[NH+]2CC[NH+](CC(=O)NC34CC5CC(CC(C5)C3)C4)CC2)no1. The lowest BCUT2D eigenvalue weighted by Crippen LogP contribution is -3.28. The van der Waals surface area contributed by atoms with Crippen molar-refractivity contribution >= 4 is 5.91 Å². The van der Waals surface area contributed by atoms with Gasteiger partial charge >= 0.3 is 0 Å². The van der Waals surface area contributed by atoms with E-state index in [0.29, 0.717) is 12.5 Å². The summed E-state index contributed by atoms with van der Waals surface area (Å²) in [5, 5.41) is 7.65. The van der Waals surface area contributed by atoms with Crippen molar-refractivity contribution in [2.75, 3.05) is 32.7 Å². The van der Waals surface area contributed by atoms with E-state index in [0.717, 1.165) is 61.9 Å². The van der Waals surface area contributed by atoms with Gasteiger partial charge in [0.1, 0.15) is 44.2 Å². The molecule has 4 saturated carbocycles. The van der Waals surface area contributed by atoms with E-state index in [4.69, 9.17) is 4.52 Å². The van der Waals surface area contributed by atoms with Crippen LogP contribution in [-0.2, 0) is 11.3 Å². The summed E-state index contributed by atoms with van der Waals surface area (Å²) in [4.78, 5) is 15.8. The number of rotatable bonds is 5. The number of hydrogen-bond acceptors (Lipinski definition) is 3. The molecule has 0 spiro atoms. The van der Waals surface area contributed by atoms with Crippen molar-refractivity contribution in [1.29, 1.82) is 0 Å². The van der Waals surface area contributed by atoms with Crippen LogP contribution in [0.2, 0.25) is 0 Å². The summed E-state index contributed by atoms with van der Waals surface area (Å²) in [6.07, 6.45) is 8.02. The Hall–Kier alpha value is -1.40. The first-order valence-corrected chi connectivity index (χ1v) is 11.0. The van der Waals surface area contributed by atoms with Gasteiger partial charge in [0.25, 0.3) is 5.91 Å². The van der Waals surface area contributed by atoms with Crippen LogP contribution >= 0.6 is 0 Å². The van der Waals surface area contributed by atoms with Crippen LogP contribution in [0, 0.1) is 24.7 Å². The number of quaternary nitrogens is 2. The second-order valence-electron chi connectivity index (χ2n) is 10.0. The maximum absolute atomic E-state index is 12.8. The van der Waals surface area contributed by atoms with Crippen molar-refractivity contribution in [3.63, 3.8) is 0 Å². The summed E-state index contributed by atoms with van der Waals surface area (Å²) in [5.74, 6) is 3.83. The molecule has 6 rings (SSSR count). The van der Waals surface area contributed by atoms with Gasteiger partial charge in [-0.05, 0) is 63.2 Å². The minimum atomic E-state index is 0.156. The summed E-state index contributed by atoms with van der Waals surface area (Å²) in [6.45, 7) is 7.87. The molecule has 6 heteroatoms. The highest BCUT2D eigenvalue weighted by Gasteiger charge is 2.51. The Kier molecular flexibility index (Phi) is 4.51. The summed E-state index contributed by atoms with van der Waals surface area (Å²) in [5.41, 5.74) is 1.20. The van der Waals surface area contributed by atoms with E-state index in [-0.39, 0.29) is 5.54 Å². The van der Waals surface area contributed by atoms with Gasteiger partial charge in [0.15, 0.2) is 6.54 Å². The third kappa shape index (κ3) is 3.79. The Morgan fingerprint density at radius 2 is 1.70 bits per heavy atom. The van der Waals surface area contributed by atoms with E-state index >= 15 is 0 Å². The predicted octanol–water partition coefficient (Wildman–Crippen LogP) is -0.649. The van der Waals surface area contributed by atoms with Crippen molar-refractivity contribution in [2.24, 2.45) is 17.8 Å². The van der Waals surface area contributed by atoms with Crippen LogP contribution < -0.4 is 15.1 Å². The smallest absolute Gasteiger partial charge is 0.275 e. The van der Waals surface area contributed by atoms with Gasteiger partial charge in [-0.15, -0.1) is 0 Å². The Bertz CT molecular complexity index is 657. The van der Waals surface area contributed by atoms with Crippen LogP contribution in [0.1, 0.15) is 50.0 Å². The molecule has 0 aromatic carbocycles. The number of aryl methyl sites for hydroxylation is 1. The van der Waals surface area contributed by atoms with Gasteiger partial charge in [0, 0.05) is 11.6 Å². The van der Waals surface area contributed by atoms with Crippen LogP contribution in [0.5, 0.6) is 0 Å². The zero-order valence-electron chi connectivity index (χ0n) is 16.6. The Morgan fingerprint density at radius 1 is 1.11 bits per heavy atom. The molecule has 0 radical (unpaired) electrons. The molecular weight excluding hydrogens is 340 g/mol. The summed E-state index contributed by atoms with van der Waals surface area (Å²) >= 11 is 0. The fourth-order valence-corrected chi connectivity index (χ4v) is 6.90. The van der Waals surface area contributed by atoms with Crippen molar-refractivity contribution in [3.8, 4) is 0 Å². The highest BCUT2D eigenvalue weighted by molar-refractivity contribution is 5.77. The fourth-order valence-electron chi connectivity index (χ4n) is 6.90. The van der Waals surface area contributed by atoms with E-state index in [1.807, 2.05) is 13.0 Å². The van der Waals surface area contributed by atoms with Gasteiger partial charge in [-0.25, -0.2) is 0 Å². The monoisotopic (exact) mass is 374 g/mol. The zero-order chi connectivity index (χ0) is 18.4. The minimum absolute atomic E-state index is 0.156. The first-order valence-electron chi connectivity index (χ1n) is 11.0. The maximum atomic E-state index is 12.8. The molecule has 1 saturated heterocycles. The molecule has 6 nitrogen and oxygen atoms in total. The molecule has 2 heterocycles. The molecule has 27 heavy (non-hydrogen) atoms. The van der Waals surface area contributed by atoms with Crippen molar-refractivity contribution in [3.05, 3.63) is 17.5 Å². The van der Waals surface area contributed by atoms with Crippen LogP contribution in [0.15, 0.2) is 10.6 Å². The molecule has 4 aliphatic carbocycles. The Morgan fingerprint density at radius 3 is 2.26 bits per heavy atom. The molecular formula is C21H34N4O2+2. The van der Waals surface area contributed by atoms with Crippen LogP contribution in [0.3, 0.4) is 0 Å². The van der Waals surface area contributed by atoms with E-state index in [1.54, 1.807) is 4.90 Å². The van der Waals surface area contributed by atoms with Crippen molar-refractivity contribution in [2.45, 2.75) is 57.5 Å². The standard InChI is InChI=1S/C21H32N4O2/c1-15-6-19(23-27-15)13-24-2-4-25(5-3-24)14-20(26)22-21-10-16-7-17(11-21)9-18(8-16)12-21/h6,16-18H,2-5,7-14H2,1H3,(H,22,26)/p+2. The van der Waals surface area contributed by atoms with E-state index in [2.05, 4.69) is 10.5 Å². The maximum Gasteiger partial charge on any atom is 0.275 e. The highest BCUT2D eigenvalue weighted by atomic mass is 16.5. The molecule has 1 aromatic heterocycles. The van der Waals surface area contributed by atoms with Crippen LogP contribution in [0.25, 0.3) is 0 Å². The molecule has 148 valence electrons. The summed E-state index contributed by atoms with van der Waals surface area (Å²) in [6, 6.07) is 2.03. The average Bonchev–Trinajstić information content (AvgIpc) is 3.00. The number of aromatic nitrogens is 1. The first kappa shape index (κ1) is 17.7. The Labute approximate surface area is 161 Å². The first-order chi connectivity index (χ1) is 13.1. The number of hydrogen-bond donors (Lipinski definition) is 3. The molecule has 1 aliphatic heterocycles. The summed E-state index contributed by atoms with van der Waals surface area (Å²) < 4.78 is 5.17. The lowest BCUT2D eigenvalue weighted by molar-refractivity contribution is -1.02. The van der Waals surface area contributed by atoms with E-state index in [1.165, 1.54) is 43.4 Å². The number of carbonyl (C=O) groups is 1. The van der Waals surface area contributed by atoms with E-state index in [9.17, 15) is 4.79 Å². The third-order valence-electron chi connectivity index (χ3n) is 7.63. The van der Waals surface area contributed by atoms with Gasteiger partial charge in [0.05, 0.1) is 0 Å². The molecule has 1 aromatic rings. The lowest BCUT2D eigenvalue weighted by atomic mass is 9.53. The number of nitrogens with one attached hydrogen (secondary N) is 3. The summed E-state index contributed by atoms with van der Waals surface area (Å²) in [7, 11) is 0. The second kappa shape index (κ2) is 6.89. The molecule has 5 fully saturated rings. The van der Waals surface area contributed by atoms with Gasteiger partial charge in [-0.1, -0.05) is 5.16 Å². The second-order valence-corrected chi connectivity index (χ2v) is 10.0. The largest absolute Gasteiger partial charge is 0.361 e. The van der Waals surface area contributed by atoms with Crippen molar-refractivity contribution in [1.82, 2.24) is 10.5 Å². The number of carbonyl (C=O) groups excluding carboxylic acids is 1. The molecule has 3 N–H and O–H groups in total. The topological polar surface area (TPSA) is 64.0 Å². The molecule has 0 unspecified atom stereocenters. The fraction of sp³-hybridized carbons (Fsp3) is 0.810. The molecule has 4 bridgehead atoms. The lowest BCUT2D eigenvalue weighted by Gasteiger charge is -2.56. The van der Waals surface area contributed by atoms with Gasteiger partial charge in [0.2, 0.25) is 0 Å². The normalized spacial score (nSPS) is 40.3.